The molecule has 0 fully saturated rings. The molecule has 1 aliphatic carbocycles. The Labute approximate surface area is 140 Å². The second-order valence-electron chi connectivity index (χ2n) is 5.49. The normalized spacial score (nSPS) is 11.3. The third-order valence-electron chi connectivity index (χ3n) is 4.18. The Hall–Kier alpha value is -3.97. The number of benzene rings is 2. The molecular formula is C18H5FN6. The maximum absolute atomic E-state index is 14.5. The van der Waals surface area contributed by atoms with E-state index >= 15 is 0 Å². The second-order valence-corrected chi connectivity index (χ2v) is 5.49. The zero-order valence-corrected chi connectivity index (χ0v) is 12.4. The van der Waals surface area contributed by atoms with Crippen LogP contribution in [0.2, 0.25) is 0 Å². The van der Waals surface area contributed by atoms with E-state index in [1.165, 1.54) is 6.07 Å². The molecule has 2 aromatic carbocycles. The van der Waals surface area contributed by atoms with E-state index in [4.69, 9.17) is 13.1 Å². The highest BCUT2D eigenvalue weighted by molar-refractivity contribution is 6.14. The molecule has 1 aliphatic rings. The summed E-state index contributed by atoms with van der Waals surface area (Å²) in [7, 11) is 0. The van der Waals surface area contributed by atoms with Gasteiger partial charge >= 0.3 is 11.3 Å². The lowest BCUT2D eigenvalue weighted by molar-refractivity contribution is 0.633. The molecule has 4 aromatic rings. The molecule has 5 rings (SSSR count). The number of rotatable bonds is 0. The van der Waals surface area contributed by atoms with Crippen molar-refractivity contribution in [3.05, 3.63) is 59.0 Å². The molecule has 0 N–H and O–H groups in total. The van der Waals surface area contributed by atoms with Gasteiger partial charge in [-0.2, -0.15) is 9.97 Å². The number of hydrogen-bond acceptors (Lipinski definition) is 4. The van der Waals surface area contributed by atoms with Crippen LogP contribution < -0.4 is 0 Å². The van der Waals surface area contributed by atoms with E-state index in [9.17, 15) is 4.39 Å². The van der Waals surface area contributed by atoms with E-state index in [-0.39, 0.29) is 28.7 Å². The Bertz CT molecular complexity index is 1330. The number of nitrogens with zero attached hydrogens (tertiary/aromatic N) is 6. The largest absolute Gasteiger partial charge is 0.370 e. The van der Waals surface area contributed by atoms with Crippen LogP contribution in [0.25, 0.3) is 54.3 Å². The summed E-state index contributed by atoms with van der Waals surface area (Å²) >= 11 is 0. The standard InChI is InChI=1S/C18H5FN6/c1-20-15-16(21-2)25-18-17(24-15)22-13-9-5-3-4-8-6-7-10(19)12(11(8)9)14(13)23-18/h3-7H. The molecule has 6 nitrogen and oxygen atoms in total. The summed E-state index contributed by atoms with van der Waals surface area (Å²) in [5.41, 5.74) is 2.36. The van der Waals surface area contributed by atoms with Crippen LogP contribution in [-0.4, -0.2) is 19.9 Å². The number of fused-ring (bicyclic) bond motifs is 4. The molecule has 2 heterocycles. The molecule has 0 atom stereocenters. The van der Waals surface area contributed by atoms with Crippen molar-refractivity contribution >= 4 is 33.7 Å². The Morgan fingerprint density at radius 2 is 1.48 bits per heavy atom. The van der Waals surface area contributed by atoms with Crippen molar-refractivity contribution in [2.24, 2.45) is 0 Å². The highest BCUT2D eigenvalue weighted by Gasteiger charge is 2.30. The smallest absolute Gasteiger partial charge is 0.316 e. The molecule has 2 aromatic heterocycles. The average Bonchev–Trinajstić information content (AvgIpc) is 2.97. The molecule has 0 saturated heterocycles. The highest BCUT2D eigenvalue weighted by Crippen LogP contribution is 2.46. The zero-order valence-electron chi connectivity index (χ0n) is 12.4. The summed E-state index contributed by atoms with van der Waals surface area (Å²) in [5, 5.41) is 1.64. The van der Waals surface area contributed by atoms with Crippen molar-refractivity contribution < 1.29 is 4.39 Å². The Morgan fingerprint density at radius 3 is 2.16 bits per heavy atom. The van der Waals surface area contributed by atoms with Gasteiger partial charge in [0.2, 0.25) is 0 Å². The average molecular weight is 324 g/mol. The molecule has 0 aliphatic heterocycles. The molecular weight excluding hydrogens is 319 g/mol. The second kappa shape index (κ2) is 4.53. The SMILES string of the molecule is [C-]#[N+]c1nc2nc3c(nc2nc1[N+]#[C-])-c1c(F)ccc2cccc-3c12. The summed E-state index contributed by atoms with van der Waals surface area (Å²) in [6.07, 6.45) is 0. The Balaban J connectivity index is 1.95. The number of halogens is 1. The maximum atomic E-state index is 14.5. The van der Waals surface area contributed by atoms with Gasteiger partial charge in [0, 0.05) is 16.5 Å². The summed E-state index contributed by atoms with van der Waals surface area (Å²) in [4.78, 5) is 23.5. The van der Waals surface area contributed by atoms with Gasteiger partial charge in [-0.15, -0.1) is 9.97 Å². The fraction of sp³-hybridized carbons (Fsp3) is 0. The van der Waals surface area contributed by atoms with Gasteiger partial charge in [-0.25, -0.2) is 4.39 Å². The van der Waals surface area contributed by atoms with Crippen LogP contribution in [0.15, 0.2) is 30.3 Å². The van der Waals surface area contributed by atoms with E-state index in [1.54, 1.807) is 6.07 Å². The van der Waals surface area contributed by atoms with Gasteiger partial charge in [-0.1, -0.05) is 37.4 Å². The fourth-order valence-corrected chi connectivity index (χ4v) is 3.16. The van der Waals surface area contributed by atoms with Crippen molar-refractivity contribution in [1.29, 1.82) is 0 Å². The highest BCUT2D eigenvalue weighted by atomic mass is 19.1. The van der Waals surface area contributed by atoms with Gasteiger partial charge in [-0.05, 0) is 11.5 Å². The lowest BCUT2D eigenvalue weighted by Gasteiger charge is -2.02. The minimum Gasteiger partial charge on any atom is -0.370 e. The van der Waals surface area contributed by atoms with Crippen LogP contribution in [0.1, 0.15) is 0 Å². The van der Waals surface area contributed by atoms with E-state index in [0.717, 1.165) is 16.3 Å². The summed E-state index contributed by atoms with van der Waals surface area (Å²) in [5.74, 6) is -0.633. The van der Waals surface area contributed by atoms with Gasteiger partial charge < -0.3 is 9.69 Å². The first-order valence-corrected chi connectivity index (χ1v) is 7.28. The van der Waals surface area contributed by atoms with Gasteiger partial charge in [-0.3, -0.25) is 0 Å². The predicted molar refractivity (Wildman–Crippen MR) is 89.5 cm³/mol. The van der Waals surface area contributed by atoms with Crippen molar-refractivity contribution in [2.45, 2.75) is 0 Å². The van der Waals surface area contributed by atoms with Crippen LogP contribution in [0, 0.1) is 19.0 Å². The van der Waals surface area contributed by atoms with Gasteiger partial charge in [0.1, 0.15) is 17.2 Å². The van der Waals surface area contributed by atoms with E-state index in [2.05, 4.69) is 29.6 Å². The molecule has 114 valence electrons. The summed E-state index contributed by atoms with van der Waals surface area (Å²) in [6, 6.07) is 8.75. The van der Waals surface area contributed by atoms with E-state index in [0.29, 0.717) is 17.0 Å². The number of aromatic nitrogens is 4. The van der Waals surface area contributed by atoms with Crippen molar-refractivity contribution in [1.82, 2.24) is 19.9 Å². The maximum Gasteiger partial charge on any atom is 0.316 e. The number of hydrogen-bond donors (Lipinski definition) is 0. The first kappa shape index (κ1) is 13.5. The van der Waals surface area contributed by atoms with Crippen molar-refractivity contribution in [3.63, 3.8) is 0 Å². The zero-order chi connectivity index (χ0) is 17.1. The quantitative estimate of drug-likeness (QED) is 0.395. The molecule has 0 saturated carbocycles. The summed E-state index contributed by atoms with van der Waals surface area (Å²) < 4.78 is 14.5. The van der Waals surface area contributed by atoms with Crippen LogP contribution in [-0.2, 0) is 0 Å². The predicted octanol–water partition coefficient (Wildman–Crippen LogP) is 4.46. The Morgan fingerprint density at radius 1 is 0.800 bits per heavy atom. The lowest BCUT2D eigenvalue weighted by atomic mass is 10.0. The van der Waals surface area contributed by atoms with Gasteiger partial charge in [0.25, 0.3) is 11.6 Å². The minimum atomic E-state index is -0.386. The minimum absolute atomic E-state index is 0.114. The topological polar surface area (TPSA) is 60.3 Å². The monoisotopic (exact) mass is 324 g/mol. The van der Waals surface area contributed by atoms with Crippen molar-refractivity contribution in [2.75, 3.05) is 0 Å². The summed E-state index contributed by atoms with van der Waals surface area (Å²) in [6.45, 7) is 14.2. The molecule has 0 radical (unpaired) electrons. The first-order chi connectivity index (χ1) is 12.2. The third-order valence-corrected chi connectivity index (χ3v) is 4.18. The van der Waals surface area contributed by atoms with E-state index in [1.807, 2.05) is 18.2 Å². The van der Waals surface area contributed by atoms with Crippen LogP contribution in [0.5, 0.6) is 0 Å². The molecule has 0 unspecified atom stereocenters. The molecule has 25 heavy (non-hydrogen) atoms. The Kier molecular flexibility index (Phi) is 2.44. The fourth-order valence-electron chi connectivity index (χ4n) is 3.16. The van der Waals surface area contributed by atoms with Gasteiger partial charge in [0.15, 0.2) is 0 Å². The molecule has 0 amide bonds. The van der Waals surface area contributed by atoms with E-state index < -0.39 is 0 Å². The van der Waals surface area contributed by atoms with Gasteiger partial charge in [0.05, 0.1) is 0 Å². The first-order valence-electron chi connectivity index (χ1n) is 7.28. The van der Waals surface area contributed by atoms with Crippen molar-refractivity contribution in [3.8, 4) is 22.5 Å². The van der Waals surface area contributed by atoms with Crippen LogP contribution in [0.4, 0.5) is 16.0 Å². The van der Waals surface area contributed by atoms with Crippen LogP contribution >= 0.6 is 0 Å². The van der Waals surface area contributed by atoms with Crippen LogP contribution in [0.3, 0.4) is 0 Å². The molecule has 0 bridgehead atoms. The lowest BCUT2D eigenvalue weighted by Crippen LogP contribution is -1.96. The molecule has 0 spiro atoms. The third kappa shape index (κ3) is 1.64. The molecule has 7 heteroatoms.